The highest BCUT2D eigenvalue weighted by atomic mass is 35.5. The van der Waals surface area contributed by atoms with Gasteiger partial charge < -0.3 is 19.5 Å². The SMILES string of the molecule is O=C(NCC1CCCO1)c1cnc(OC2CCOCC2)c(Cl)c1. The number of nitrogens with zero attached hydrogens (tertiary/aromatic N) is 1. The van der Waals surface area contributed by atoms with E-state index in [1.165, 1.54) is 6.20 Å². The highest BCUT2D eigenvalue weighted by Crippen LogP contribution is 2.25. The molecular formula is C16H21ClN2O4. The number of carbonyl (C=O) groups is 1. The predicted octanol–water partition coefficient (Wildman–Crippen LogP) is 2.20. The van der Waals surface area contributed by atoms with Crippen LogP contribution in [0.15, 0.2) is 12.3 Å². The molecule has 3 heterocycles. The summed E-state index contributed by atoms with van der Waals surface area (Å²) in [5, 5.41) is 3.20. The van der Waals surface area contributed by atoms with Crippen molar-refractivity contribution in [1.82, 2.24) is 10.3 Å². The summed E-state index contributed by atoms with van der Waals surface area (Å²) >= 11 is 6.20. The van der Waals surface area contributed by atoms with Gasteiger partial charge in [-0.3, -0.25) is 4.79 Å². The van der Waals surface area contributed by atoms with Crippen LogP contribution in [-0.4, -0.2) is 49.5 Å². The van der Waals surface area contributed by atoms with E-state index in [-0.39, 0.29) is 18.1 Å². The Morgan fingerprint density at radius 1 is 1.35 bits per heavy atom. The molecule has 0 spiro atoms. The molecule has 2 aliphatic heterocycles. The molecule has 126 valence electrons. The van der Waals surface area contributed by atoms with Gasteiger partial charge in [-0.1, -0.05) is 11.6 Å². The molecular weight excluding hydrogens is 320 g/mol. The molecule has 0 radical (unpaired) electrons. The summed E-state index contributed by atoms with van der Waals surface area (Å²) in [6.45, 7) is 2.65. The van der Waals surface area contributed by atoms with Gasteiger partial charge in [-0.15, -0.1) is 0 Å². The fraction of sp³-hybridized carbons (Fsp3) is 0.625. The molecule has 1 unspecified atom stereocenters. The van der Waals surface area contributed by atoms with Gasteiger partial charge in [0.05, 0.1) is 24.9 Å². The smallest absolute Gasteiger partial charge is 0.252 e. The Morgan fingerprint density at radius 2 is 2.17 bits per heavy atom. The van der Waals surface area contributed by atoms with Crippen LogP contribution in [0.3, 0.4) is 0 Å². The molecule has 0 aliphatic carbocycles. The van der Waals surface area contributed by atoms with Gasteiger partial charge in [-0.25, -0.2) is 4.98 Å². The van der Waals surface area contributed by atoms with Gasteiger partial charge in [0.15, 0.2) is 0 Å². The van der Waals surface area contributed by atoms with Crippen molar-refractivity contribution in [3.8, 4) is 5.88 Å². The van der Waals surface area contributed by atoms with E-state index in [0.29, 0.717) is 36.2 Å². The van der Waals surface area contributed by atoms with E-state index in [4.69, 9.17) is 25.8 Å². The summed E-state index contributed by atoms with van der Waals surface area (Å²) in [6.07, 6.45) is 5.34. The van der Waals surface area contributed by atoms with E-state index in [1.54, 1.807) is 6.07 Å². The Balaban J connectivity index is 1.55. The number of halogens is 1. The topological polar surface area (TPSA) is 69.7 Å². The molecule has 0 aromatic carbocycles. The van der Waals surface area contributed by atoms with E-state index in [0.717, 1.165) is 32.3 Å². The van der Waals surface area contributed by atoms with Crippen molar-refractivity contribution in [2.24, 2.45) is 0 Å². The lowest BCUT2D eigenvalue weighted by molar-refractivity contribution is 0.0238. The Bertz CT molecular complexity index is 543. The van der Waals surface area contributed by atoms with E-state index >= 15 is 0 Å². The molecule has 6 nitrogen and oxygen atoms in total. The third kappa shape index (κ3) is 4.56. The molecule has 0 saturated carbocycles. The third-order valence-corrected chi connectivity index (χ3v) is 4.30. The second kappa shape index (κ2) is 7.95. The number of amides is 1. The van der Waals surface area contributed by atoms with Gasteiger partial charge in [0.1, 0.15) is 11.1 Å². The minimum Gasteiger partial charge on any atom is -0.473 e. The predicted molar refractivity (Wildman–Crippen MR) is 85.0 cm³/mol. The number of ether oxygens (including phenoxy) is 3. The molecule has 7 heteroatoms. The fourth-order valence-corrected chi connectivity index (χ4v) is 2.91. The summed E-state index contributed by atoms with van der Waals surface area (Å²) in [6, 6.07) is 1.59. The Morgan fingerprint density at radius 3 is 2.87 bits per heavy atom. The van der Waals surface area contributed by atoms with Gasteiger partial charge in [0.25, 0.3) is 5.91 Å². The van der Waals surface area contributed by atoms with Crippen LogP contribution >= 0.6 is 11.6 Å². The molecule has 3 rings (SSSR count). The first-order valence-corrected chi connectivity index (χ1v) is 8.40. The monoisotopic (exact) mass is 340 g/mol. The molecule has 2 fully saturated rings. The van der Waals surface area contributed by atoms with Crippen LogP contribution in [0.1, 0.15) is 36.0 Å². The zero-order valence-corrected chi connectivity index (χ0v) is 13.7. The van der Waals surface area contributed by atoms with E-state index in [9.17, 15) is 4.79 Å². The van der Waals surface area contributed by atoms with Crippen molar-refractivity contribution >= 4 is 17.5 Å². The molecule has 1 atom stereocenters. The maximum absolute atomic E-state index is 12.1. The number of aromatic nitrogens is 1. The van der Waals surface area contributed by atoms with Gasteiger partial charge >= 0.3 is 0 Å². The number of carbonyl (C=O) groups excluding carboxylic acids is 1. The van der Waals surface area contributed by atoms with Crippen molar-refractivity contribution < 1.29 is 19.0 Å². The Kier molecular flexibility index (Phi) is 5.70. The lowest BCUT2D eigenvalue weighted by Gasteiger charge is -2.23. The maximum Gasteiger partial charge on any atom is 0.252 e. The summed E-state index contributed by atoms with van der Waals surface area (Å²) in [5.41, 5.74) is 0.423. The standard InChI is InChI=1S/C16H21ClN2O4/c17-14-8-11(15(20)18-10-13-2-1-5-22-13)9-19-16(14)23-12-3-6-21-7-4-12/h8-9,12-13H,1-7,10H2,(H,18,20). The van der Waals surface area contributed by atoms with Crippen LogP contribution in [-0.2, 0) is 9.47 Å². The normalized spacial score (nSPS) is 22.0. The molecule has 23 heavy (non-hydrogen) atoms. The number of nitrogens with one attached hydrogen (secondary N) is 1. The lowest BCUT2D eigenvalue weighted by Crippen LogP contribution is -2.31. The average molecular weight is 341 g/mol. The van der Waals surface area contributed by atoms with Gasteiger partial charge in [0, 0.05) is 32.2 Å². The van der Waals surface area contributed by atoms with Crippen molar-refractivity contribution in [2.75, 3.05) is 26.4 Å². The summed E-state index contributed by atoms with van der Waals surface area (Å²) in [5.74, 6) is 0.168. The van der Waals surface area contributed by atoms with Crippen molar-refractivity contribution in [2.45, 2.75) is 37.9 Å². The third-order valence-electron chi connectivity index (χ3n) is 4.03. The number of pyridine rings is 1. The second-order valence-corrected chi connectivity index (χ2v) is 6.19. The first-order chi connectivity index (χ1) is 11.2. The zero-order chi connectivity index (χ0) is 16.1. The Hall–Kier alpha value is -1.37. The molecule has 1 N–H and O–H groups in total. The van der Waals surface area contributed by atoms with Crippen LogP contribution in [0.2, 0.25) is 5.02 Å². The maximum atomic E-state index is 12.1. The van der Waals surface area contributed by atoms with Crippen molar-refractivity contribution in [3.63, 3.8) is 0 Å². The summed E-state index contributed by atoms with van der Waals surface area (Å²) in [4.78, 5) is 16.3. The zero-order valence-electron chi connectivity index (χ0n) is 12.9. The largest absolute Gasteiger partial charge is 0.473 e. The van der Waals surface area contributed by atoms with Crippen LogP contribution in [0.4, 0.5) is 0 Å². The lowest BCUT2D eigenvalue weighted by atomic mass is 10.1. The van der Waals surface area contributed by atoms with Crippen molar-refractivity contribution in [3.05, 3.63) is 22.8 Å². The van der Waals surface area contributed by atoms with Gasteiger partial charge in [0.2, 0.25) is 5.88 Å². The van der Waals surface area contributed by atoms with Gasteiger partial charge in [-0.05, 0) is 18.9 Å². The quantitative estimate of drug-likeness (QED) is 0.890. The molecule has 1 aromatic rings. The summed E-state index contributed by atoms with van der Waals surface area (Å²) in [7, 11) is 0. The molecule has 2 aliphatic rings. The number of rotatable bonds is 5. The molecule has 0 bridgehead atoms. The average Bonchev–Trinajstić information content (AvgIpc) is 3.09. The van der Waals surface area contributed by atoms with E-state index < -0.39 is 0 Å². The number of hydrogen-bond donors (Lipinski definition) is 1. The van der Waals surface area contributed by atoms with Crippen LogP contribution in [0.25, 0.3) is 0 Å². The highest BCUT2D eigenvalue weighted by Gasteiger charge is 2.20. The van der Waals surface area contributed by atoms with Crippen LogP contribution < -0.4 is 10.1 Å². The first-order valence-electron chi connectivity index (χ1n) is 8.02. The minimum atomic E-state index is -0.201. The molecule has 2 saturated heterocycles. The van der Waals surface area contributed by atoms with E-state index in [2.05, 4.69) is 10.3 Å². The fourth-order valence-electron chi connectivity index (χ4n) is 2.70. The van der Waals surface area contributed by atoms with Crippen LogP contribution in [0, 0.1) is 0 Å². The molecule has 1 amide bonds. The molecule has 1 aromatic heterocycles. The summed E-state index contributed by atoms with van der Waals surface area (Å²) < 4.78 is 16.6. The van der Waals surface area contributed by atoms with Gasteiger partial charge in [-0.2, -0.15) is 0 Å². The van der Waals surface area contributed by atoms with Crippen LogP contribution in [0.5, 0.6) is 5.88 Å². The highest BCUT2D eigenvalue weighted by molar-refractivity contribution is 6.32. The van der Waals surface area contributed by atoms with Crippen molar-refractivity contribution in [1.29, 1.82) is 0 Å². The Labute approximate surface area is 140 Å². The van der Waals surface area contributed by atoms with E-state index in [1.807, 2.05) is 0 Å². The first kappa shape index (κ1) is 16.5. The second-order valence-electron chi connectivity index (χ2n) is 5.79. The number of hydrogen-bond acceptors (Lipinski definition) is 5. The minimum absolute atomic E-state index is 0.0629.